The SMILES string of the molecule is CCNC(=NCCNC(=O)C1CC1)N1CCC(N(CC2CC2)C(=O)OC(C)(C)C)CC1.I. The zero-order valence-electron chi connectivity index (χ0n) is 20.2. The third-order valence-electron chi connectivity index (χ3n) is 5.94. The zero-order valence-corrected chi connectivity index (χ0v) is 22.5. The van der Waals surface area contributed by atoms with Crippen LogP contribution in [0.1, 0.15) is 66.2 Å². The quantitative estimate of drug-likeness (QED) is 0.205. The second-order valence-corrected chi connectivity index (χ2v) is 10.1. The number of hydrogen-bond donors (Lipinski definition) is 2. The predicted octanol–water partition coefficient (Wildman–Crippen LogP) is 3.21. The minimum atomic E-state index is -0.473. The molecule has 184 valence electrons. The Morgan fingerprint density at radius 1 is 1.06 bits per heavy atom. The first-order chi connectivity index (χ1) is 14.8. The Kier molecular flexibility index (Phi) is 10.4. The highest BCUT2D eigenvalue weighted by Gasteiger charge is 2.35. The van der Waals surface area contributed by atoms with E-state index in [-0.39, 0.29) is 47.9 Å². The molecule has 2 N–H and O–H groups in total. The summed E-state index contributed by atoms with van der Waals surface area (Å²) in [6.07, 6.45) is 6.12. The summed E-state index contributed by atoms with van der Waals surface area (Å²) in [5, 5.41) is 6.35. The Labute approximate surface area is 210 Å². The maximum atomic E-state index is 12.8. The van der Waals surface area contributed by atoms with Crippen LogP contribution in [0, 0.1) is 11.8 Å². The third-order valence-corrected chi connectivity index (χ3v) is 5.94. The topological polar surface area (TPSA) is 86.3 Å². The number of carbonyl (C=O) groups is 2. The first kappa shape index (κ1) is 27.0. The van der Waals surface area contributed by atoms with Gasteiger partial charge in [0.1, 0.15) is 5.60 Å². The number of carbonyl (C=O) groups excluding carboxylic acids is 2. The number of amides is 2. The summed E-state index contributed by atoms with van der Waals surface area (Å²) in [5.74, 6) is 1.93. The molecule has 3 rings (SSSR count). The molecule has 0 bridgehead atoms. The fraction of sp³-hybridized carbons (Fsp3) is 0.870. The van der Waals surface area contributed by atoms with Crippen LogP contribution in [-0.4, -0.2) is 78.7 Å². The molecule has 0 aromatic carbocycles. The Hall–Kier alpha value is -1.26. The summed E-state index contributed by atoms with van der Waals surface area (Å²) < 4.78 is 5.70. The minimum Gasteiger partial charge on any atom is -0.444 e. The molecule has 2 amide bonds. The molecule has 32 heavy (non-hydrogen) atoms. The lowest BCUT2D eigenvalue weighted by molar-refractivity contribution is -0.122. The molecule has 1 aliphatic heterocycles. The third kappa shape index (κ3) is 8.94. The van der Waals surface area contributed by atoms with E-state index in [1.807, 2.05) is 25.7 Å². The van der Waals surface area contributed by atoms with E-state index in [0.29, 0.717) is 19.0 Å². The normalized spacial score (nSPS) is 19.8. The highest BCUT2D eigenvalue weighted by atomic mass is 127. The van der Waals surface area contributed by atoms with Gasteiger partial charge < -0.3 is 25.2 Å². The van der Waals surface area contributed by atoms with Gasteiger partial charge in [0.2, 0.25) is 5.91 Å². The molecule has 1 saturated heterocycles. The molecular formula is C23H42IN5O3. The number of nitrogens with one attached hydrogen (secondary N) is 2. The average Bonchev–Trinajstić information content (AvgIpc) is 3.61. The van der Waals surface area contributed by atoms with E-state index in [4.69, 9.17) is 9.73 Å². The van der Waals surface area contributed by atoms with Crippen LogP contribution in [0.2, 0.25) is 0 Å². The van der Waals surface area contributed by atoms with Gasteiger partial charge in [-0.2, -0.15) is 0 Å². The van der Waals surface area contributed by atoms with Crippen molar-refractivity contribution < 1.29 is 14.3 Å². The van der Waals surface area contributed by atoms with Crippen LogP contribution >= 0.6 is 24.0 Å². The number of halogens is 1. The molecule has 0 unspecified atom stereocenters. The largest absolute Gasteiger partial charge is 0.444 e. The first-order valence-corrected chi connectivity index (χ1v) is 12.1. The Morgan fingerprint density at radius 3 is 2.25 bits per heavy atom. The van der Waals surface area contributed by atoms with E-state index >= 15 is 0 Å². The summed E-state index contributed by atoms with van der Waals surface area (Å²) in [5.41, 5.74) is -0.473. The Balaban J connectivity index is 0.00000363. The van der Waals surface area contributed by atoms with Crippen LogP contribution in [0.4, 0.5) is 4.79 Å². The number of nitrogens with zero attached hydrogens (tertiary/aromatic N) is 3. The highest BCUT2D eigenvalue weighted by Crippen LogP contribution is 2.32. The number of aliphatic imine (C=N–C) groups is 1. The zero-order chi connectivity index (χ0) is 22.4. The molecule has 0 radical (unpaired) electrons. The van der Waals surface area contributed by atoms with Crippen LogP contribution < -0.4 is 10.6 Å². The smallest absolute Gasteiger partial charge is 0.410 e. The van der Waals surface area contributed by atoms with Crippen molar-refractivity contribution >= 4 is 41.9 Å². The van der Waals surface area contributed by atoms with Crippen molar-refractivity contribution in [3.63, 3.8) is 0 Å². The molecule has 0 aromatic rings. The van der Waals surface area contributed by atoms with E-state index < -0.39 is 5.60 Å². The Morgan fingerprint density at radius 2 is 1.72 bits per heavy atom. The summed E-state index contributed by atoms with van der Waals surface area (Å²) in [6.45, 7) is 12.3. The molecule has 8 nitrogen and oxygen atoms in total. The van der Waals surface area contributed by atoms with Crippen molar-refractivity contribution in [2.75, 3.05) is 39.3 Å². The minimum absolute atomic E-state index is 0. The lowest BCUT2D eigenvalue weighted by Crippen LogP contribution is -2.52. The molecule has 9 heteroatoms. The van der Waals surface area contributed by atoms with Gasteiger partial charge in [-0.05, 0) is 72.1 Å². The molecule has 3 fully saturated rings. The van der Waals surface area contributed by atoms with E-state index in [9.17, 15) is 9.59 Å². The second kappa shape index (κ2) is 12.3. The van der Waals surface area contributed by atoms with Gasteiger partial charge in [-0.25, -0.2) is 4.79 Å². The van der Waals surface area contributed by atoms with Crippen molar-refractivity contribution in [2.45, 2.75) is 77.9 Å². The number of hydrogen-bond acceptors (Lipinski definition) is 4. The molecule has 0 spiro atoms. The number of guanidine groups is 1. The molecule has 2 aliphatic carbocycles. The van der Waals surface area contributed by atoms with E-state index in [0.717, 1.165) is 57.8 Å². The fourth-order valence-electron chi connectivity index (χ4n) is 3.92. The van der Waals surface area contributed by atoms with Gasteiger partial charge >= 0.3 is 6.09 Å². The highest BCUT2D eigenvalue weighted by molar-refractivity contribution is 14.0. The monoisotopic (exact) mass is 563 g/mol. The molecule has 2 saturated carbocycles. The fourth-order valence-corrected chi connectivity index (χ4v) is 3.92. The predicted molar refractivity (Wildman–Crippen MR) is 137 cm³/mol. The summed E-state index contributed by atoms with van der Waals surface area (Å²) >= 11 is 0. The number of piperidine rings is 1. The lowest BCUT2D eigenvalue weighted by atomic mass is 10.0. The molecule has 1 heterocycles. The summed E-state index contributed by atoms with van der Waals surface area (Å²) in [4.78, 5) is 33.6. The van der Waals surface area contributed by atoms with Crippen LogP contribution in [-0.2, 0) is 9.53 Å². The van der Waals surface area contributed by atoms with Crippen LogP contribution in [0.5, 0.6) is 0 Å². The van der Waals surface area contributed by atoms with Crippen LogP contribution in [0.3, 0.4) is 0 Å². The van der Waals surface area contributed by atoms with Crippen molar-refractivity contribution in [3.8, 4) is 0 Å². The van der Waals surface area contributed by atoms with Crippen LogP contribution in [0.25, 0.3) is 0 Å². The van der Waals surface area contributed by atoms with Gasteiger partial charge in [0.15, 0.2) is 5.96 Å². The molecule has 3 aliphatic rings. The van der Waals surface area contributed by atoms with Gasteiger partial charge in [-0.1, -0.05) is 0 Å². The van der Waals surface area contributed by atoms with Crippen molar-refractivity contribution in [1.82, 2.24) is 20.4 Å². The lowest BCUT2D eigenvalue weighted by Gasteiger charge is -2.40. The average molecular weight is 564 g/mol. The molecule has 0 atom stereocenters. The second-order valence-electron chi connectivity index (χ2n) is 10.1. The first-order valence-electron chi connectivity index (χ1n) is 12.1. The van der Waals surface area contributed by atoms with Gasteiger partial charge in [0.05, 0.1) is 6.54 Å². The number of ether oxygens (including phenoxy) is 1. The number of likely N-dealkylation sites (tertiary alicyclic amines) is 1. The summed E-state index contributed by atoms with van der Waals surface area (Å²) in [7, 11) is 0. The van der Waals surface area contributed by atoms with E-state index in [1.54, 1.807) is 0 Å². The van der Waals surface area contributed by atoms with Crippen molar-refractivity contribution in [3.05, 3.63) is 0 Å². The molecular weight excluding hydrogens is 521 g/mol. The maximum Gasteiger partial charge on any atom is 0.410 e. The van der Waals surface area contributed by atoms with Crippen molar-refractivity contribution in [2.24, 2.45) is 16.8 Å². The maximum absolute atomic E-state index is 12.8. The summed E-state index contributed by atoms with van der Waals surface area (Å²) in [6, 6.07) is 0.215. The van der Waals surface area contributed by atoms with Gasteiger partial charge in [0.25, 0.3) is 0 Å². The van der Waals surface area contributed by atoms with Crippen molar-refractivity contribution in [1.29, 1.82) is 0 Å². The van der Waals surface area contributed by atoms with Crippen LogP contribution in [0.15, 0.2) is 4.99 Å². The Bertz CT molecular complexity index is 651. The molecule has 0 aromatic heterocycles. The van der Waals surface area contributed by atoms with E-state index in [1.165, 1.54) is 12.8 Å². The van der Waals surface area contributed by atoms with E-state index in [2.05, 4.69) is 22.5 Å². The van der Waals surface area contributed by atoms with Gasteiger partial charge in [-0.3, -0.25) is 9.79 Å². The number of rotatable bonds is 8. The standard InChI is InChI=1S/C23H41N5O3.HI/c1-5-24-21(26-13-12-25-20(29)18-8-9-18)27-14-10-19(11-15-27)28(16-17-6-7-17)22(30)31-23(2,3)4;/h17-19H,5-16H2,1-4H3,(H,24,26)(H,25,29);1H. The van der Waals surface area contributed by atoms with Gasteiger partial charge in [0, 0.05) is 44.7 Å². The van der Waals surface area contributed by atoms with Gasteiger partial charge in [-0.15, -0.1) is 24.0 Å².